The fraction of sp³-hybridized carbons (Fsp3) is 0.200. The molecular formula is C20H21N5O3. The van der Waals surface area contributed by atoms with Crippen molar-refractivity contribution in [1.82, 2.24) is 15.2 Å². The van der Waals surface area contributed by atoms with Crippen LogP contribution in [0.1, 0.15) is 24.2 Å². The molecule has 0 aliphatic heterocycles. The number of para-hydroxylation sites is 1. The highest BCUT2D eigenvalue weighted by Gasteiger charge is 2.12. The van der Waals surface area contributed by atoms with Crippen molar-refractivity contribution < 1.29 is 14.3 Å². The van der Waals surface area contributed by atoms with Crippen molar-refractivity contribution in [3.8, 4) is 5.75 Å². The highest BCUT2D eigenvalue weighted by Crippen LogP contribution is 2.22. The van der Waals surface area contributed by atoms with Gasteiger partial charge >= 0.3 is 5.97 Å². The van der Waals surface area contributed by atoms with Crippen LogP contribution in [0, 0.1) is 0 Å². The molecule has 0 spiro atoms. The summed E-state index contributed by atoms with van der Waals surface area (Å²) in [6.07, 6.45) is 1.58. The summed E-state index contributed by atoms with van der Waals surface area (Å²) < 4.78 is 10.4. The van der Waals surface area contributed by atoms with Crippen molar-refractivity contribution in [3.05, 3.63) is 60.3 Å². The maximum Gasteiger partial charge on any atom is 0.339 e. The Hall–Kier alpha value is -3.68. The Labute approximate surface area is 162 Å². The molecule has 8 nitrogen and oxygen atoms in total. The van der Waals surface area contributed by atoms with Crippen LogP contribution in [0.5, 0.6) is 5.75 Å². The predicted molar refractivity (Wildman–Crippen MR) is 106 cm³/mol. The minimum atomic E-state index is -0.438. The van der Waals surface area contributed by atoms with E-state index >= 15 is 0 Å². The Morgan fingerprint density at radius 2 is 1.79 bits per heavy atom. The summed E-state index contributed by atoms with van der Waals surface area (Å²) in [5.41, 5.74) is 1.76. The fourth-order valence-electron chi connectivity index (χ4n) is 2.45. The number of hydrogen-bond acceptors (Lipinski definition) is 8. The molecule has 0 fully saturated rings. The van der Waals surface area contributed by atoms with Gasteiger partial charge in [0.1, 0.15) is 5.75 Å². The molecule has 0 atom stereocenters. The molecule has 0 radical (unpaired) electrons. The van der Waals surface area contributed by atoms with E-state index in [9.17, 15) is 4.79 Å². The number of carbonyl (C=O) groups is 1. The third kappa shape index (κ3) is 4.94. The topological polar surface area (TPSA) is 98.3 Å². The summed E-state index contributed by atoms with van der Waals surface area (Å²) >= 11 is 0. The van der Waals surface area contributed by atoms with Gasteiger partial charge in [-0.25, -0.2) is 4.79 Å². The number of aromatic nitrogens is 3. The summed E-state index contributed by atoms with van der Waals surface area (Å²) in [6, 6.07) is 14.5. The Kier molecular flexibility index (Phi) is 6.01. The normalized spacial score (nSPS) is 10.4. The number of nitrogens with zero attached hydrogens (tertiary/aromatic N) is 3. The molecular weight excluding hydrogens is 358 g/mol. The van der Waals surface area contributed by atoms with E-state index in [1.165, 1.54) is 13.3 Å². The molecule has 8 heteroatoms. The molecule has 28 heavy (non-hydrogen) atoms. The van der Waals surface area contributed by atoms with Crippen LogP contribution in [-0.4, -0.2) is 34.4 Å². The van der Waals surface area contributed by atoms with Crippen LogP contribution in [0.15, 0.2) is 54.7 Å². The van der Waals surface area contributed by atoms with Crippen molar-refractivity contribution >= 4 is 29.1 Å². The first-order chi connectivity index (χ1) is 13.5. The van der Waals surface area contributed by atoms with Crippen molar-refractivity contribution in [2.75, 3.05) is 17.7 Å². The number of methoxy groups -OCH3 is 1. The third-order valence-corrected chi connectivity index (χ3v) is 3.64. The first kappa shape index (κ1) is 19.1. The van der Waals surface area contributed by atoms with E-state index in [1.54, 1.807) is 18.2 Å². The van der Waals surface area contributed by atoms with E-state index in [0.29, 0.717) is 23.0 Å². The quantitative estimate of drug-likeness (QED) is 0.596. The Bertz CT molecular complexity index is 945. The van der Waals surface area contributed by atoms with E-state index in [2.05, 4.69) is 25.8 Å². The first-order valence-corrected chi connectivity index (χ1v) is 8.73. The minimum absolute atomic E-state index is 0.113. The molecule has 1 heterocycles. The molecule has 0 aliphatic carbocycles. The lowest BCUT2D eigenvalue weighted by atomic mass is 10.2. The second kappa shape index (κ2) is 8.81. The lowest BCUT2D eigenvalue weighted by Crippen LogP contribution is -2.07. The SMILES string of the molecule is COC(=O)c1ccccc1Nc1cnnc(Nc2ccc(OC(C)C)cc2)n1. The maximum absolute atomic E-state index is 11.9. The Morgan fingerprint density at radius 3 is 2.50 bits per heavy atom. The van der Waals surface area contributed by atoms with Gasteiger partial charge in [-0.1, -0.05) is 12.1 Å². The monoisotopic (exact) mass is 379 g/mol. The largest absolute Gasteiger partial charge is 0.491 e. The van der Waals surface area contributed by atoms with E-state index < -0.39 is 5.97 Å². The summed E-state index contributed by atoms with van der Waals surface area (Å²) in [7, 11) is 1.34. The molecule has 0 bridgehead atoms. The Morgan fingerprint density at radius 1 is 1.04 bits per heavy atom. The van der Waals surface area contributed by atoms with Crippen molar-refractivity contribution in [2.45, 2.75) is 20.0 Å². The number of carbonyl (C=O) groups excluding carboxylic acids is 1. The number of benzene rings is 2. The molecule has 1 aromatic heterocycles. The zero-order valence-corrected chi connectivity index (χ0v) is 15.8. The van der Waals surface area contributed by atoms with Gasteiger partial charge in [0, 0.05) is 5.69 Å². The zero-order chi connectivity index (χ0) is 19.9. The van der Waals surface area contributed by atoms with Crippen LogP contribution in [0.25, 0.3) is 0 Å². The van der Waals surface area contributed by atoms with Gasteiger partial charge in [-0.05, 0) is 50.2 Å². The van der Waals surface area contributed by atoms with Crippen molar-refractivity contribution in [1.29, 1.82) is 0 Å². The van der Waals surface area contributed by atoms with Crippen molar-refractivity contribution in [2.24, 2.45) is 0 Å². The molecule has 144 valence electrons. The van der Waals surface area contributed by atoms with Gasteiger partial charge in [-0.2, -0.15) is 10.1 Å². The van der Waals surface area contributed by atoms with E-state index in [-0.39, 0.29) is 6.10 Å². The second-order valence-electron chi connectivity index (χ2n) is 6.14. The highest BCUT2D eigenvalue weighted by molar-refractivity contribution is 5.96. The number of esters is 1. The van der Waals surface area contributed by atoms with Crippen LogP contribution >= 0.6 is 0 Å². The van der Waals surface area contributed by atoms with Gasteiger partial charge in [0.15, 0.2) is 5.82 Å². The van der Waals surface area contributed by atoms with Gasteiger partial charge in [0.25, 0.3) is 0 Å². The zero-order valence-electron chi connectivity index (χ0n) is 15.8. The maximum atomic E-state index is 11.9. The van der Waals surface area contributed by atoms with Gasteiger partial charge < -0.3 is 20.1 Å². The molecule has 3 rings (SSSR count). The van der Waals surface area contributed by atoms with E-state index in [0.717, 1.165) is 11.4 Å². The lowest BCUT2D eigenvalue weighted by molar-refractivity contribution is 0.0602. The van der Waals surface area contributed by atoms with Gasteiger partial charge in [0.05, 0.1) is 30.7 Å². The van der Waals surface area contributed by atoms with Crippen LogP contribution in [0.4, 0.5) is 23.1 Å². The number of ether oxygens (including phenoxy) is 2. The standard InChI is InChI=1S/C20H21N5O3/c1-13(2)28-15-10-8-14(9-11-15)22-20-24-18(12-21-25-20)23-17-7-5-4-6-16(17)19(26)27-3/h4-13H,1-3H3,(H2,22,23,24,25). The average Bonchev–Trinajstić information content (AvgIpc) is 2.69. The summed E-state index contributed by atoms with van der Waals surface area (Å²) in [6.45, 7) is 3.95. The number of rotatable bonds is 7. The van der Waals surface area contributed by atoms with Gasteiger partial charge in [0.2, 0.25) is 5.95 Å². The first-order valence-electron chi connectivity index (χ1n) is 8.73. The molecule has 2 aromatic carbocycles. The van der Waals surface area contributed by atoms with Crippen LogP contribution in [0.3, 0.4) is 0 Å². The minimum Gasteiger partial charge on any atom is -0.491 e. The van der Waals surface area contributed by atoms with E-state index in [1.807, 2.05) is 44.2 Å². The molecule has 2 N–H and O–H groups in total. The molecule has 0 amide bonds. The highest BCUT2D eigenvalue weighted by atomic mass is 16.5. The summed E-state index contributed by atoms with van der Waals surface area (Å²) in [4.78, 5) is 16.3. The summed E-state index contributed by atoms with van der Waals surface area (Å²) in [5, 5.41) is 14.1. The predicted octanol–water partition coefficient (Wildman–Crippen LogP) is 3.93. The van der Waals surface area contributed by atoms with Crippen LogP contribution in [-0.2, 0) is 4.74 Å². The molecule has 0 saturated carbocycles. The van der Waals surface area contributed by atoms with Gasteiger partial charge in [-0.15, -0.1) is 5.10 Å². The number of anilines is 4. The van der Waals surface area contributed by atoms with E-state index in [4.69, 9.17) is 9.47 Å². The van der Waals surface area contributed by atoms with Crippen molar-refractivity contribution in [3.63, 3.8) is 0 Å². The lowest BCUT2D eigenvalue weighted by Gasteiger charge is -2.11. The fourth-order valence-corrected chi connectivity index (χ4v) is 2.45. The third-order valence-electron chi connectivity index (χ3n) is 3.64. The van der Waals surface area contributed by atoms with Crippen LogP contribution in [0.2, 0.25) is 0 Å². The second-order valence-corrected chi connectivity index (χ2v) is 6.14. The summed E-state index contributed by atoms with van der Waals surface area (Å²) in [5.74, 6) is 1.10. The van der Waals surface area contributed by atoms with Crippen LogP contribution < -0.4 is 15.4 Å². The average molecular weight is 379 g/mol. The number of nitrogens with one attached hydrogen (secondary N) is 2. The smallest absolute Gasteiger partial charge is 0.339 e. The molecule has 0 aliphatic rings. The number of hydrogen-bond donors (Lipinski definition) is 2. The molecule has 3 aromatic rings. The Balaban J connectivity index is 1.74. The molecule has 0 saturated heterocycles. The molecule has 0 unspecified atom stereocenters. The van der Waals surface area contributed by atoms with Gasteiger partial charge in [-0.3, -0.25) is 0 Å².